The van der Waals surface area contributed by atoms with Crippen LogP contribution in [0, 0.1) is 5.92 Å². The van der Waals surface area contributed by atoms with Gasteiger partial charge in [-0.15, -0.1) is 0 Å². The summed E-state index contributed by atoms with van der Waals surface area (Å²) in [6, 6.07) is 0.149. The van der Waals surface area contributed by atoms with Crippen molar-refractivity contribution >= 4 is 11.9 Å². The Balaban J connectivity index is 2.60. The number of nitrogens with two attached hydrogens (primary N) is 1. The van der Waals surface area contributed by atoms with Gasteiger partial charge in [-0.05, 0) is 33.1 Å². The van der Waals surface area contributed by atoms with Gasteiger partial charge in [0.05, 0.1) is 6.42 Å². The van der Waals surface area contributed by atoms with E-state index in [1.165, 1.54) is 0 Å². The number of aliphatic carboxylic acids is 1. The predicted molar refractivity (Wildman–Crippen MR) is 69.0 cm³/mol. The van der Waals surface area contributed by atoms with Gasteiger partial charge in [0.25, 0.3) is 0 Å². The lowest BCUT2D eigenvalue weighted by atomic mass is 9.85. The first-order valence-corrected chi connectivity index (χ1v) is 6.69. The Morgan fingerprint density at radius 2 is 2.06 bits per heavy atom. The maximum absolute atomic E-state index is 12.4. The van der Waals surface area contributed by atoms with Gasteiger partial charge in [-0.1, -0.05) is 6.42 Å². The van der Waals surface area contributed by atoms with Crippen LogP contribution >= 0.6 is 0 Å². The van der Waals surface area contributed by atoms with Crippen molar-refractivity contribution in [3.8, 4) is 0 Å². The van der Waals surface area contributed by atoms with Gasteiger partial charge in [-0.25, -0.2) is 0 Å². The predicted octanol–water partition coefficient (Wildman–Crippen LogP) is 1.22. The molecular weight excluding hydrogens is 232 g/mol. The molecule has 18 heavy (non-hydrogen) atoms. The smallest absolute Gasteiger partial charge is 0.305 e. The zero-order chi connectivity index (χ0) is 13.7. The molecule has 5 nitrogen and oxygen atoms in total. The van der Waals surface area contributed by atoms with E-state index in [-0.39, 0.29) is 36.9 Å². The highest BCUT2D eigenvalue weighted by Crippen LogP contribution is 2.25. The zero-order valence-corrected chi connectivity index (χ0v) is 11.3. The fourth-order valence-electron chi connectivity index (χ4n) is 2.53. The molecule has 1 saturated carbocycles. The van der Waals surface area contributed by atoms with Gasteiger partial charge >= 0.3 is 5.97 Å². The summed E-state index contributed by atoms with van der Waals surface area (Å²) in [6.07, 6.45) is 3.59. The van der Waals surface area contributed by atoms with Gasteiger partial charge in [0.2, 0.25) is 5.91 Å². The van der Waals surface area contributed by atoms with Gasteiger partial charge < -0.3 is 15.7 Å². The van der Waals surface area contributed by atoms with Crippen molar-refractivity contribution in [2.45, 2.75) is 58.0 Å². The van der Waals surface area contributed by atoms with Crippen LogP contribution in [0.25, 0.3) is 0 Å². The molecule has 5 heteroatoms. The second-order valence-electron chi connectivity index (χ2n) is 5.39. The first kappa shape index (κ1) is 15.0. The van der Waals surface area contributed by atoms with Crippen LogP contribution in [0.5, 0.6) is 0 Å². The molecule has 1 rings (SSSR count). The number of carboxylic acid groups (broad SMARTS) is 1. The molecule has 0 spiro atoms. The van der Waals surface area contributed by atoms with Gasteiger partial charge in [-0.2, -0.15) is 0 Å². The van der Waals surface area contributed by atoms with E-state index in [1.807, 2.05) is 13.8 Å². The third kappa shape index (κ3) is 4.29. The summed E-state index contributed by atoms with van der Waals surface area (Å²) in [4.78, 5) is 24.7. The SMILES string of the molecule is CC(C)N(CCC(=O)O)C(=O)C1CCCC(N)C1. The van der Waals surface area contributed by atoms with Crippen molar-refractivity contribution in [2.24, 2.45) is 11.7 Å². The van der Waals surface area contributed by atoms with E-state index in [1.54, 1.807) is 4.90 Å². The van der Waals surface area contributed by atoms with Crippen LogP contribution < -0.4 is 5.73 Å². The summed E-state index contributed by atoms with van der Waals surface area (Å²) in [5.41, 5.74) is 5.90. The normalized spacial score (nSPS) is 24.0. The van der Waals surface area contributed by atoms with Crippen LogP contribution in [0.4, 0.5) is 0 Å². The minimum atomic E-state index is -0.867. The topological polar surface area (TPSA) is 83.6 Å². The lowest BCUT2D eigenvalue weighted by Gasteiger charge is -2.33. The number of carboxylic acids is 1. The van der Waals surface area contributed by atoms with Gasteiger partial charge in [0, 0.05) is 24.5 Å². The van der Waals surface area contributed by atoms with Gasteiger partial charge in [-0.3, -0.25) is 9.59 Å². The number of carbonyl (C=O) groups excluding carboxylic acids is 1. The lowest BCUT2D eigenvalue weighted by Crippen LogP contribution is -2.44. The number of nitrogens with zero attached hydrogens (tertiary/aromatic N) is 1. The van der Waals surface area contributed by atoms with E-state index < -0.39 is 5.97 Å². The maximum Gasteiger partial charge on any atom is 0.305 e. The average Bonchev–Trinajstić information content (AvgIpc) is 2.28. The molecule has 1 aliphatic rings. The van der Waals surface area contributed by atoms with Crippen molar-refractivity contribution in [1.29, 1.82) is 0 Å². The van der Waals surface area contributed by atoms with E-state index in [0.717, 1.165) is 25.7 Å². The van der Waals surface area contributed by atoms with Crippen LogP contribution in [-0.2, 0) is 9.59 Å². The quantitative estimate of drug-likeness (QED) is 0.774. The van der Waals surface area contributed by atoms with Crippen LogP contribution in [0.1, 0.15) is 46.0 Å². The molecule has 1 aliphatic carbocycles. The van der Waals surface area contributed by atoms with Crippen molar-refractivity contribution in [2.75, 3.05) is 6.54 Å². The summed E-state index contributed by atoms with van der Waals surface area (Å²) >= 11 is 0. The van der Waals surface area contributed by atoms with Crippen LogP contribution in [0.2, 0.25) is 0 Å². The monoisotopic (exact) mass is 256 g/mol. The Hall–Kier alpha value is -1.10. The minimum Gasteiger partial charge on any atom is -0.481 e. The second-order valence-corrected chi connectivity index (χ2v) is 5.39. The lowest BCUT2D eigenvalue weighted by molar-refractivity contribution is -0.141. The van der Waals surface area contributed by atoms with E-state index in [9.17, 15) is 9.59 Å². The fraction of sp³-hybridized carbons (Fsp3) is 0.846. The van der Waals surface area contributed by atoms with Crippen molar-refractivity contribution in [3.05, 3.63) is 0 Å². The second kappa shape index (κ2) is 6.73. The van der Waals surface area contributed by atoms with Crippen molar-refractivity contribution in [3.63, 3.8) is 0 Å². The summed E-state index contributed by atoms with van der Waals surface area (Å²) in [5.74, 6) is -0.819. The zero-order valence-electron chi connectivity index (χ0n) is 11.3. The molecule has 0 aromatic heterocycles. The number of hydrogen-bond acceptors (Lipinski definition) is 3. The molecule has 3 N–H and O–H groups in total. The summed E-state index contributed by atoms with van der Waals surface area (Å²) < 4.78 is 0. The van der Waals surface area contributed by atoms with Crippen molar-refractivity contribution in [1.82, 2.24) is 4.90 Å². The molecule has 0 saturated heterocycles. The maximum atomic E-state index is 12.4. The Labute approximate surface area is 108 Å². The third-order valence-corrected chi connectivity index (χ3v) is 3.54. The molecular formula is C13H24N2O3. The summed E-state index contributed by atoms with van der Waals surface area (Å²) in [7, 11) is 0. The Kier molecular flexibility index (Phi) is 5.59. The summed E-state index contributed by atoms with van der Waals surface area (Å²) in [5, 5.41) is 8.72. The molecule has 0 radical (unpaired) electrons. The molecule has 104 valence electrons. The Morgan fingerprint density at radius 1 is 1.39 bits per heavy atom. The molecule has 0 aliphatic heterocycles. The van der Waals surface area contributed by atoms with Gasteiger partial charge in [0.15, 0.2) is 0 Å². The Bertz CT molecular complexity index is 305. The number of amides is 1. The van der Waals surface area contributed by atoms with Crippen LogP contribution in [0.3, 0.4) is 0 Å². The molecule has 1 fully saturated rings. The molecule has 0 heterocycles. The fourth-order valence-corrected chi connectivity index (χ4v) is 2.53. The van der Waals surface area contributed by atoms with Crippen LogP contribution in [-0.4, -0.2) is 40.5 Å². The number of hydrogen-bond donors (Lipinski definition) is 2. The highest BCUT2D eigenvalue weighted by atomic mass is 16.4. The Morgan fingerprint density at radius 3 is 2.56 bits per heavy atom. The average molecular weight is 256 g/mol. The third-order valence-electron chi connectivity index (χ3n) is 3.54. The molecule has 0 bridgehead atoms. The van der Waals surface area contributed by atoms with E-state index in [4.69, 9.17) is 10.8 Å². The molecule has 1 amide bonds. The van der Waals surface area contributed by atoms with Gasteiger partial charge in [0.1, 0.15) is 0 Å². The number of rotatable bonds is 5. The molecule has 2 unspecified atom stereocenters. The largest absolute Gasteiger partial charge is 0.481 e. The highest BCUT2D eigenvalue weighted by Gasteiger charge is 2.30. The number of carbonyl (C=O) groups is 2. The minimum absolute atomic E-state index is 0.00267. The van der Waals surface area contributed by atoms with E-state index >= 15 is 0 Å². The molecule has 2 atom stereocenters. The van der Waals surface area contributed by atoms with Crippen LogP contribution in [0.15, 0.2) is 0 Å². The molecule has 0 aromatic rings. The van der Waals surface area contributed by atoms with E-state index in [2.05, 4.69) is 0 Å². The highest BCUT2D eigenvalue weighted by molar-refractivity contribution is 5.80. The first-order valence-electron chi connectivity index (χ1n) is 6.69. The van der Waals surface area contributed by atoms with Crippen molar-refractivity contribution < 1.29 is 14.7 Å². The molecule has 0 aromatic carbocycles. The summed E-state index contributed by atoms with van der Waals surface area (Å²) in [6.45, 7) is 4.13. The standard InChI is InChI=1S/C13H24N2O3/c1-9(2)15(7-6-12(16)17)13(18)10-4-3-5-11(14)8-10/h9-11H,3-8,14H2,1-2H3,(H,16,17). The van der Waals surface area contributed by atoms with E-state index in [0.29, 0.717) is 0 Å². The first-order chi connectivity index (χ1) is 8.41.